The first-order valence-corrected chi connectivity index (χ1v) is 8.00. The van der Waals surface area contributed by atoms with E-state index in [1.54, 1.807) is 24.8 Å². The molecular formula is C17H13N5S2. The van der Waals surface area contributed by atoms with Crippen LogP contribution in [0.4, 0.5) is 0 Å². The van der Waals surface area contributed by atoms with E-state index in [9.17, 15) is 5.26 Å². The van der Waals surface area contributed by atoms with E-state index in [1.807, 2.05) is 24.3 Å². The van der Waals surface area contributed by atoms with Gasteiger partial charge in [-0.3, -0.25) is 9.97 Å². The fourth-order valence-electron chi connectivity index (χ4n) is 2.81. The fraction of sp³-hybridized carbons (Fsp3) is 0.118. The maximum absolute atomic E-state index is 9.61. The molecule has 0 bridgehead atoms. The Kier molecular flexibility index (Phi) is 4.69. The minimum absolute atomic E-state index is 0.271. The zero-order valence-electron chi connectivity index (χ0n) is 12.5. The molecule has 0 saturated heterocycles. The molecule has 0 radical (unpaired) electrons. The van der Waals surface area contributed by atoms with Gasteiger partial charge in [0.1, 0.15) is 5.03 Å². The van der Waals surface area contributed by atoms with Gasteiger partial charge in [0.15, 0.2) is 0 Å². The number of nitrogens with zero attached hydrogens (tertiary/aromatic N) is 4. The molecule has 0 amide bonds. The molecule has 3 rings (SSSR count). The second kappa shape index (κ2) is 6.91. The molecular weight excluding hydrogens is 338 g/mol. The summed E-state index contributed by atoms with van der Waals surface area (Å²) < 4.78 is 0. The smallest absolute Gasteiger partial charge is 0.108 e. The van der Waals surface area contributed by atoms with Gasteiger partial charge < -0.3 is 5.73 Å². The number of thiocarbonyl (C=S) groups is 1. The third-order valence-electron chi connectivity index (χ3n) is 3.86. The summed E-state index contributed by atoms with van der Waals surface area (Å²) in [5, 5.41) is 9.98. The minimum Gasteiger partial charge on any atom is -0.393 e. The van der Waals surface area contributed by atoms with Gasteiger partial charge in [-0.05, 0) is 23.8 Å². The zero-order valence-corrected chi connectivity index (χ0v) is 14.2. The Morgan fingerprint density at radius 3 is 2.54 bits per heavy atom. The molecule has 118 valence electrons. The number of nitrogens with two attached hydrogens (primary N) is 1. The van der Waals surface area contributed by atoms with Crippen LogP contribution in [-0.4, -0.2) is 20.7 Å². The second-order valence-corrected chi connectivity index (χ2v) is 6.12. The average Bonchev–Trinajstić information content (AvgIpc) is 2.62. The minimum atomic E-state index is -0.419. The van der Waals surface area contributed by atoms with Crippen LogP contribution in [0.2, 0.25) is 0 Å². The van der Waals surface area contributed by atoms with Gasteiger partial charge in [-0.2, -0.15) is 5.26 Å². The number of pyridine rings is 2. The van der Waals surface area contributed by atoms with Crippen LogP contribution in [0.1, 0.15) is 17.0 Å². The number of rotatable bonds is 3. The van der Waals surface area contributed by atoms with E-state index in [1.165, 1.54) is 0 Å². The molecule has 0 spiro atoms. The molecule has 5 nitrogen and oxygen atoms in total. The second-order valence-electron chi connectivity index (χ2n) is 5.23. The molecule has 2 N–H and O–H groups in total. The lowest BCUT2D eigenvalue weighted by Crippen LogP contribution is -2.37. The monoisotopic (exact) mass is 351 g/mol. The number of aromatic nitrogens is 2. The topological polar surface area (TPSA) is 88.0 Å². The van der Waals surface area contributed by atoms with Gasteiger partial charge in [-0.25, -0.2) is 4.99 Å². The Balaban J connectivity index is 2.23. The van der Waals surface area contributed by atoms with E-state index < -0.39 is 5.92 Å². The van der Waals surface area contributed by atoms with E-state index >= 15 is 0 Å². The summed E-state index contributed by atoms with van der Waals surface area (Å²) in [5.41, 5.74) is 8.84. The SMILES string of the molecule is N#CC1=C(S)N=C(c2cccnc2)C(C(N)=S)[C@@H]1c1ccncc1. The summed E-state index contributed by atoms with van der Waals surface area (Å²) in [4.78, 5) is 12.9. The molecule has 24 heavy (non-hydrogen) atoms. The summed E-state index contributed by atoms with van der Waals surface area (Å²) in [6.07, 6.45) is 6.73. The predicted octanol–water partition coefficient (Wildman–Crippen LogP) is 2.63. The third-order valence-corrected chi connectivity index (χ3v) is 4.45. The fourth-order valence-corrected chi connectivity index (χ4v) is 3.36. The lowest BCUT2D eigenvalue weighted by atomic mass is 9.76. The Hall–Kier alpha value is -2.56. The van der Waals surface area contributed by atoms with Crippen molar-refractivity contribution in [2.24, 2.45) is 16.6 Å². The Bertz CT molecular complexity index is 869. The molecule has 1 aliphatic rings. The highest BCUT2D eigenvalue weighted by Gasteiger charge is 2.38. The average molecular weight is 351 g/mol. The van der Waals surface area contributed by atoms with Gasteiger partial charge in [-0.15, -0.1) is 12.6 Å². The maximum Gasteiger partial charge on any atom is 0.108 e. The first kappa shape index (κ1) is 16.3. The van der Waals surface area contributed by atoms with Crippen LogP contribution in [0.15, 0.2) is 64.6 Å². The lowest BCUT2D eigenvalue weighted by Gasteiger charge is -2.31. The zero-order chi connectivity index (χ0) is 17.1. The largest absolute Gasteiger partial charge is 0.393 e. The van der Waals surface area contributed by atoms with Crippen molar-refractivity contribution in [1.82, 2.24) is 9.97 Å². The van der Waals surface area contributed by atoms with Crippen LogP contribution >= 0.6 is 24.8 Å². The number of thiol groups is 1. The van der Waals surface area contributed by atoms with Gasteiger partial charge >= 0.3 is 0 Å². The van der Waals surface area contributed by atoms with E-state index in [2.05, 4.69) is 33.7 Å². The first-order valence-electron chi connectivity index (χ1n) is 7.15. The van der Waals surface area contributed by atoms with Crippen LogP contribution < -0.4 is 5.73 Å². The highest BCUT2D eigenvalue weighted by molar-refractivity contribution is 7.84. The van der Waals surface area contributed by atoms with Crippen LogP contribution in [0.25, 0.3) is 0 Å². The van der Waals surface area contributed by atoms with Crippen LogP contribution in [0, 0.1) is 17.2 Å². The number of hydrogen-bond acceptors (Lipinski definition) is 6. The highest BCUT2D eigenvalue weighted by atomic mass is 32.1. The summed E-state index contributed by atoms with van der Waals surface area (Å²) in [6.45, 7) is 0. The molecule has 7 heteroatoms. The van der Waals surface area contributed by atoms with Crippen LogP contribution in [0.5, 0.6) is 0 Å². The van der Waals surface area contributed by atoms with Gasteiger partial charge in [0.2, 0.25) is 0 Å². The van der Waals surface area contributed by atoms with E-state index in [0.717, 1.165) is 11.1 Å². The number of allylic oxidation sites excluding steroid dienone is 1. The number of nitriles is 1. The summed E-state index contributed by atoms with van der Waals surface area (Å²) in [7, 11) is 0. The molecule has 0 aliphatic carbocycles. The maximum atomic E-state index is 9.61. The van der Waals surface area contributed by atoms with Crippen molar-refractivity contribution in [1.29, 1.82) is 5.26 Å². The van der Waals surface area contributed by atoms with Gasteiger partial charge in [-0.1, -0.05) is 18.3 Å². The van der Waals surface area contributed by atoms with Crippen LogP contribution in [-0.2, 0) is 0 Å². The lowest BCUT2D eigenvalue weighted by molar-refractivity contribution is 0.737. The van der Waals surface area contributed by atoms with Crippen molar-refractivity contribution in [3.8, 4) is 6.07 Å². The van der Waals surface area contributed by atoms with Gasteiger partial charge in [0, 0.05) is 36.3 Å². The number of hydrogen-bond donors (Lipinski definition) is 2. The third kappa shape index (κ3) is 2.94. The molecule has 0 fully saturated rings. The van der Waals surface area contributed by atoms with Crippen molar-refractivity contribution < 1.29 is 0 Å². The first-order chi connectivity index (χ1) is 11.6. The molecule has 2 atom stereocenters. The van der Waals surface area contributed by atoms with Crippen molar-refractivity contribution in [2.45, 2.75) is 5.92 Å². The molecule has 2 aromatic rings. The molecule has 2 aromatic heterocycles. The Morgan fingerprint density at radius 2 is 1.96 bits per heavy atom. The molecule has 0 saturated carbocycles. The normalized spacial score (nSPS) is 20.2. The Labute approximate surface area is 150 Å². The quantitative estimate of drug-likeness (QED) is 0.655. The van der Waals surface area contributed by atoms with Gasteiger partial charge in [0.05, 0.1) is 28.3 Å². The van der Waals surface area contributed by atoms with Crippen molar-refractivity contribution in [3.05, 3.63) is 70.8 Å². The van der Waals surface area contributed by atoms with E-state index in [0.29, 0.717) is 16.3 Å². The van der Waals surface area contributed by atoms with E-state index in [-0.39, 0.29) is 10.9 Å². The summed E-state index contributed by atoms with van der Waals surface area (Å²) in [6, 6.07) is 9.60. The number of aliphatic imine (C=N–C) groups is 1. The van der Waals surface area contributed by atoms with E-state index in [4.69, 9.17) is 18.0 Å². The molecule has 3 heterocycles. The summed E-state index contributed by atoms with van der Waals surface area (Å²) >= 11 is 9.73. The standard InChI is InChI=1S/C17H13N5S2/c18-8-12-13(10-3-6-20-7-4-10)14(16(19)23)15(22-17(12)24)11-2-1-5-21-9-11/h1-7,9,13-14,24H,(H2,19,23)/t13-,14?/m1/s1. The molecule has 0 aromatic carbocycles. The van der Waals surface area contributed by atoms with Crippen molar-refractivity contribution in [3.63, 3.8) is 0 Å². The van der Waals surface area contributed by atoms with Gasteiger partial charge in [0.25, 0.3) is 0 Å². The van der Waals surface area contributed by atoms with Crippen LogP contribution in [0.3, 0.4) is 0 Å². The highest BCUT2D eigenvalue weighted by Crippen LogP contribution is 2.40. The summed E-state index contributed by atoms with van der Waals surface area (Å²) in [5.74, 6) is -0.771. The van der Waals surface area contributed by atoms with Crippen molar-refractivity contribution in [2.75, 3.05) is 0 Å². The predicted molar refractivity (Wildman–Crippen MR) is 99.7 cm³/mol. The Morgan fingerprint density at radius 1 is 1.21 bits per heavy atom. The molecule has 1 unspecified atom stereocenters. The molecule has 1 aliphatic heterocycles. The van der Waals surface area contributed by atoms with Crippen molar-refractivity contribution >= 4 is 35.5 Å².